The molecule has 0 amide bonds. The van der Waals surface area contributed by atoms with Gasteiger partial charge in [0.25, 0.3) is 0 Å². The lowest BCUT2D eigenvalue weighted by molar-refractivity contribution is -0.136. The molecule has 0 saturated carbocycles. The van der Waals surface area contributed by atoms with Gasteiger partial charge in [-0.3, -0.25) is 4.79 Å². The summed E-state index contributed by atoms with van der Waals surface area (Å²) in [4.78, 5) is 13.4. The minimum atomic E-state index is -0.881. The van der Waals surface area contributed by atoms with Gasteiger partial charge < -0.3 is 9.84 Å². The number of hydrogen-bond acceptors (Lipinski definition) is 3. The highest BCUT2D eigenvalue weighted by atomic mass is 16.5. The van der Waals surface area contributed by atoms with Crippen LogP contribution in [-0.4, -0.2) is 24.7 Å². The Morgan fingerprint density at radius 1 is 1.58 bits per heavy atom. The molecule has 19 heavy (non-hydrogen) atoms. The first-order valence-corrected chi connectivity index (χ1v) is 5.73. The zero-order chi connectivity index (χ0) is 14.1. The van der Waals surface area contributed by atoms with Gasteiger partial charge in [-0.2, -0.15) is 0 Å². The van der Waals surface area contributed by atoms with Crippen LogP contribution < -0.4 is 4.74 Å². The Balaban J connectivity index is 2.87. The van der Waals surface area contributed by atoms with E-state index in [1.54, 1.807) is 25.3 Å². The monoisotopic (exact) mass is 261 g/mol. The van der Waals surface area contributed by atoms with Gasteiger partial charge in [0.2, 0.25) is 0 Å². The van der Waals surface area contributed by atoms with Crippen molar-refractivity contribution in [2.75, 3.05) is 13.7 Å². The number of azide groups is 1. The molecule has 1 aromatic rings. The van der Waals surface area contributed by atoms with Crippen molar-refractivity contribution < 1.29 is 14.6 Å². The van der Waals surface area contributed by atoms with Crippen LogP contribution in [0.25, 0.3) is 16.5 Å². The number of aliphatic carboxylic acids is 1. The Hall–Kier alpha value is -2.46. The molecular weight excluding hydrogens is 246 g/mol. The zero-order valence-electron chi connectivity index (χ0n) is 10.6. The quantitative estimate of drug-likeness (QED) is 0.353. The standard InChI is InChI=1S/C13H15N3O3/c1-19-12-6-5-11(9-13(17)18)10(8-12)4-2-3-7-15-16-14/h2,4-6,8H,3,7,9H2,1H3,(H,17,18). The third-order valence-corrected chi connectivity index (χ3v) is 2.45. The summed E-state index contributed by atoms with van der Waals surface area (Å²) in [6.07, 6.45) is 4.22. The van der Waals surface area contributed by atoms with Crippen LogP contribution in [-0.2, 0) is 11.2 Å². The van der Waals surface area contributed by atoms with E-state index in [-0.39, 0.29) is 6.42 Å². The highest BCUT2D eigenvalue weighted by Crippen LogP contribution is 2.20. The normalized spacial score (nSPS) is 10.2. The maximum Gasteiger partial charge on any atom is 0.307 e. The number of carbonyl (C=O) groups is 1. The Morgan fingerprint density at radius 3 is 3.00 bits per heavy atom. The van der Waals surface area contributed by atoms with Crippen molar-refractivity contribution >= 4 is 12.0 Å². The highest BCUT2D eigenvalue weighted by molar-refractivity contribution is 5.73. The highest BCUT2D eigenvalue weighted by Gasteiger charge is 2.06. The second kappa shape index (κ2) is 7.79. The van der Waals surface area contributed by atoms with Crippen LogP contribution in [0.15, 0.2) is 29.4 Å². The predicted molar refractivity (Wildman–Crippen MR) is 72.0 cm³/mol. The first-order chi connectivity index (χ1) is 9.17. The molecule has 1 N–H and O–H groups in total. The molecule has 0 saturated heterocycles. The van der Waals surface area contributed by atoms with Gasteiger partial charge in [0.05, 0.1) is 13.5 Å². The molecule has 0 aliphatic rings. The number of hydrogen-bond donors (Lipinski definition) is 1. The average Bonchev–Trinajstić information content (AvgIpc) is 2.39. The van der Waals surface area contributed by atoms with Crippen LogP contribution in [0.4, 0.5) is 0 Å². The summed E-state index contributed by atoms with van der Waals surface area (Å²) < 4.78 is 5.11. The van der Waals surface area contributed by atoms with Crippen LogP contribution in [0.1, 0.15) is 17.5 Å². The molecule has 0 aliphatic carbocycles. The fourth-order valence-corrected chi connectivity index (χ4v) is 1.57. The summed E-state index contributed by atoms with van der Waals surface area (Å²) in [6, 6.07) is 5.25. The van der Waals surface area contributed by atoms with E-state index >= 15 is 0 Å². The van der Waals surface area contributed by atoms with Gasteiger partial charge in [0.1, 0.15) is 5.75 Å². The molecule has 1 rings (SSSR count). The molecule has 1 aromatic carbocycles. The number of ether oxygens (including phenoxy) is 1. The summed E-state index contributed by atoms with van der Waals surface area (Å²) in [5.74, 6) is -0.210. The Bertz CT molecular complexity index is 520. The first-order valence-electron chi connectivity index (χ1n) is 5.73. The van der Waals surface area contributed by atoms with Crippen molar-refractivity contribution in [3.05, 3.63) is 45.8 Å². The number of benzene rings is 1. The maximum absolute atomic E-state index is 10.8. The molecular formula is C13H15N3O3. The summed E-state index contributed by atoms with van der Waals surface area (Å²) in [6.45, 7) is 0.380. The van der Waals surface area contributed by atoms with Gasteiger partial charge in [0, 0.05) is 11.5 Å². The van der Waals surface area contributed by atoms with Gasteiger partial charge >= 0.3 is 5.97 Å². The number of carboxylic acids is 1. The van der Waals surface area contributed by atoms with Crippen LogP contribution in [0, 0.1) is 0 Å². The fraction of sp³-hybridized carbons (Fsp3) is 0.308. The summed E-state index contributed by atoms with van der Waals surface area (Å²) >= 11 is 0. The van der Waals surface area contributed by atoms with Gasteiger partial charge in [-0.15, -0.1) is 0 Å². The van der Waals surface area contributed by atoms with Gasteiger partial charge in [-0.1, -0.05) is 23.3 Å². The maximum atomic E-state index is 10.8. The second-order valence-corrected chi connectivity index (χ2v) is 3.78. The van der Waals surface area contributed by atoms with Gasteiger partial charge in [0.15, 0.2) is 0 Å². The SMILES string of the molecule is COc1ccc(CC(=O)O)c(C=CCCN=[N+]=[N-])c1. The van der Waals surface area contributed by atoms with E-state index in [4.69, 9.17) is 15.4 Å². The third kappa shape index (κ3) is 5.14. The summed E-state index contributed by atoms with van der Waals surface area (Å²) in [5, 5.41) is 12.3. The molecule has 0 bridgehead atoms. The Labute approximate surface area is 110 Å². The molecule has 0 aliphatic heterocycles. The molecule has 0 heterocycles. The van der Waals surface area contributed by atoms with E-state index in [2.05, 4.69) is 10.0 Å². The minimum Gasteiger partial charge on any atom is -0.497 e. The van der Waals surface area contributed by atoms with Crippen LogP contribution >= 0.6 is 0 Å². The molecule has 0 fully saturated rings. The van der Waals surface area contributed by atoms with Crippen molar-refractivity contribution in [2.45, 2.75) is 12.8 Å². The van der Waals surface area contributed by atoms with Crippen molar-refractivity contribution in [3.63, 3.8) is 0 Å². The first kappa shape index (κ1) is 14.6. The van der Waals surface area contributed by atoms with Gasteiger partial charge in [-0.05, 0) is 35.2 Å². The fourth-order valence-electron chi connectivity index (χ4n) is 1.57. The lowest BCUT2D eigenvalue weighted by Crippen LogP contribution is -2.02. The molecule has 6 nitrogen and oxygen atoms in total. The van der Waals surface area contributed by atoms with Crippen molar-refractivity contribution in [1.29, 1.82) is 0 Å². The molecule has 0 spiro atoms. The molecule has 0 atom stereocenters. The van der Waals surface area contributed by atoms with Crippen molar-refractivity contribution in [3.8, 4) is 5.75 Å². The zero-order valence-corrected chi connectivity index (χ0v) is 10.6. The largest absolute Gasteiger partial charge is 0.497 e. The number of carboxylic acid groups (broad SMARTS) is 1. The number of methoxy groups -OCH3 is 1. The Kier molecular flexibility index (Phi) is 5.98. The molecule has 100 valence electrons. The lowest BCUT2D eigenvalue weighted by atomic mass is 10.0. The number of nitrogens with zero attached hydrogens (tertiary/aromatic N) is 3. The van der Waals surface area contributed by atoms with E-state index in [0.29, 0.717) is 24.3 Å². The second-order valence-electron chi connectivity index (χ2n) is 3.78. The van der Waals surface area contributed by atoms with Gasteiger partial charge in [-0.25, -0.2) is 0 Å². The molecule has 6 heteroatoms. The number of rotatable bonds is 7. The molecule has 0 radical (unpaired) electrons. The van der Waals surface area contributed by atoms with E-state index in [1.165, 1.54) is 0 Å². The van der Waals surface area contributed by atoms with E-state index in [1.807, 2.05) is 12.2 Å². The van der Waals surface area contributed by atoms with E-state index in [0.717, 1.165) is 5.56 Å². The predicted octanol–water partition coefficient (Wildman–Crippen LogP) is 3.04. The lowest BCUT2D eigenvalue weighted by Gasteiger charge is -2.06. The van der Waals surface area contributed by atoms with Crippen LogP contribution in [0.5, 0.6) is 5.75 Å². The van der Waals surface area contributed by atoms with E-state index in [9.17, 15) is 4.79 Å². The van der Waals surface area contributed by atoms with Crippen molar-refractivity contribution in [2.24, 2.45) is 5.11 Å². The summed E-state index contributed by atoms with van der Waals surface area (Å²) in [7, 11) is 1.56. The minimum absolute atomic E-state index is 0.0417. The summed E-state index contributed by atoms with van der Waals surface area (Å²) in [5.41, 5.74) is 9.66. The third-order valence-electron chi connectivity index (χ3n) is 2.45. The topological polar surface area (TPSA) is 95.3 Å². The smallest absolute Gasteiger partial charge is 0.307 e. The molecule has 0 unspecified atom stereocenters. The average molecular weight is 261 g/mol. The molecule has 0 aromatic heterocycles. The van der Waals surface area contributed by atoms with E-state index < -0.39 is 5.97 Å². The Morgan fingerprint density at radius 2 is 2.37 bits per heavy atom. The van der Waals surface area contributed by atoms with Crippen LogP contribution in [0.2, 0.25) is 0 Å². The van der Waals surface area contributed by atoms with Crippen LogP contribution in [0.3, 0.4) is 0 Å². The van der Waals surface area contributed by atoms with Crippen molar-refractivity contribution in [1.82, 2.24) is 0 Å².